The third-order valence-corrected chi connectivity index (χ3v) is 3.68. The molecule has 1 atom stereocenters. The summed E-state index contributed by atoms with van der Waals surface area (Å²) in [4.78, 5) is 12.4. The standard InChI is InChI=1S/C19H18FN3O2.ClH/c1-3-13-5-4-6-15(20)16(13)17(25-2)19(24)23-11-12-7-9-14(10-8-12)18(21)22;/h1,4-10,17H,11H2,2H3,(H3,21,22)(H,23,24);1H/t17-;/m0./s1. The molecule has 136 valence electrons. The van der Waals surface area contributed by atoms with Crippen LogP contribution in [-0.2, 0) is 16.1 Å². The minimum atomic E-state index is -1.15. The number of hydrogen-bond acceptors (Lipinski definition) is 3. The van der Waals surface area contributed by atoms with E-state index in [2.05, 4.69) is 11.2 Å². The van der Waals surface area contributed by atoms with Gasteiger partial charge < -0.3 is 15.8 Å². The van der Waals surface area contributed by atoms with Crippen LogP contribution in [0, 0.1) is 23.6 Å². The Morgan fingerprint density at radius 2 is 2.00 bits per heavy atom. The van der Waals surface area contributed by atoms with Crippen molar-refractivity contribution in [2.75, 3.05) is 7.11 Å². The predicted octanol–water partition coefficient (Wildman–Crippen LogP) is 2.52. The molecule has 2 aromatic carbocycles. The maximum atomic E-state index is 14.1. The number of terminal acetylenes is 1. The van der Waals surface area contributed by atoms with Crippen LogP contribution in [0.2, 0.25) is 0 Å². The maximum absolute atomic E-state index is 14.1. The lowest BCUT2D eigenvalue weighted by Gasteiger charge is -2.18. The summed E-state index contributed by atoms with van der Waals surface area (Å²) in [7, 11) is 1.32. The van der Waals surface area contributed by atoms with Crippen molar-refractivity contribution in [2.24, 2.45) is 5.73 Å². The van der Waals surface area contributed by atoms with E-state index >= 15 is 0 Å². The molecule has 26 heavy (non-hydrogen) atoms. The largest absolute Gasteiger partial charge is 0.384 e. The average molecular weight is 376 g/mol. The molecule has 2 aromatic rings. The van der Waals surface area contributed by atoms with Crippen LogP contribution in [0.4, 0.5) is 4.39 Å². The molecule has 2 rings (SSSR count). The normalized spacial score (nSPS) is 11.0. The highest BCUT2D eigenvalue weighted by Crippen LogP contribution is 2.24. The quantitative estimate of drug-likeness (QED) is 0.412. The summed E-state index contributed by atoms with van der Waals surface area (Å²) in [5.41, 5.74) is 7.10. The highest BCUT2D eigenvalue weighted by Gasteiger charge is 2.25. The molecule has 5 nitrogen and oxygen atoms in total. The average Bonchev–Trinajstić information content (AvgIpc) is 2.62. The van der Waals surface area contributed by atoms with Crippen LogP contribution in [-0.4, -0.2) is 18.9 Å². The highest BCUT2D eigenvalue weighted by molar-refractivity contribution is 5.94. The van der Waals surface area contributed by atoms with Gasteiger partial charge in [0.1, 0.15) is 11.7 Å². The SMILES string of the molecule is C#Cc1cccc(F)c1[C@H](OC)C(=O)NCc1ccc(C(=N)N)cc1.Cl. The van der Waals surface area contributed by atoms with Gasteiger partial charge in [-0.2, -0.15) is 0 Å². The Balaban J connectivity index is 0.00000338. The van der Waals surface area contributed by atoms with Crippen molar-refractivity contribution in [3.05, 3.63) is 70.5 Å². The number of methoxy groups -OCH3 is 1. The number of rotatable bonds is 6. The van der Waals surface area contributed by atoms with E-state index < -0.39 is 17.8 Å². The number of nitrogens with one attached hydrogen (secondary N) is 2. The number of benzene rings is 2. The molecule has 1 amide bonds. The van der Waals surface area contributed by atoms with Gasteiger partial charge in [-0.25, -0.2) is 4.39 Å². The van der Waals surface area contributed by atoms with Crippen LogP contribution in [0.25, 0.3) is 0 Å². The molecule has 0 spiro atoms. The summed E-state index contributed by atoms with van der Waals surface area (Å²) in [5.74, 6) is 1.24. The Hall–Kier alpha value is -2.88. The lowest BCUT2D eigenvalue weighted by Crippen LogP contribution is -2.31. The van der Waals surface area contributed by atoms with Crippen LogP contribution in [0.3, 0.4) is 0 Å². The van der Waals surface area contributed by atoms with Gasteiger partial charge in [0.25, 0.3) is 5.91 Å². The molecule has 0 unspecified atom stereocenters. The second kappa shape index (κ2) is 9.56. The van der Waals surface area contributed by atoms with Gasteiger partial charge in [0.2, 0.25) is 0 Å². The molecule has 0 bridgehead atoms. The predicted molar refractivity (Wildman–Crippen MR) is 101 cm³/mol. The summed E-state index contributed by atoms with van der Waals surface area (Å²) in [6, 6.07) is 11.1. The van der Waals surface area contributed by atoms with Crippen molar-refractivity contribution < 1.29 is 13.9 Å². The smallest absolute Gasteiger partial charge is 0.254 e. The molecule has 7 heteroatoms. The van der Waals surface area contributed by atoms with E-state index in [1.165, 1.54) is 19.2 Å². The van der Waals surface area contributed by atoms with E-state index in [0.717, 1.165) is 5.56 Å². The first-order valence-corrected chi connectivity index (χ1v) is 7.46. The maximum Gasteiger partial charge on any atom is 0.254 e. The molecule has 4 N–H and O–H groups in total. The van der Waals surface area contributed by atoms with Crippen molar-refractivity contribution in [3.8, 4) is 12.3 Å². The molecule has 0 saturated carbocycles. The Labute approximate surface area is 157 Å². The zero-order valence-electron chi connectivity index (χ0n) is 14.1. The molecular weight excluding hydrogens is 357 g/mol. The van der Waals surface area contributed by atoms with Crippen molar-refractivity contribution in [1.29, 1.82) is 5.41 Å². The number of amides is 1. The number of hydrogen-bond donors (Lipinski definition) is 3. The molecule has 0 saturated heterocycles. The van der Waals surface area contributed by atoms with Crippen molar-refractivity contribution in [3.63, 3.8) is 0 Å². The highest BCUT2D eigenvalue weighted by atomic mass is 35.5. The van der Waals surface area contributed by atoms with Crippen molar-refractivity contribution in [1.82, 2.24) is 5.32 Å². The molecular formula is C19H19ClFN3O2. The van der Waals surface area contributed by atoms with Crippen molar-refractivity contribution >= 4 is 24.1 Å². The molecule has 0 aliphatic rings. The van der Waals surface area contributed by atoms with Crippen LogP contribution >= 0.6 is 12.4 Å². The van der Waals surface area contributed by atoms with Gasteiger partial charge in [-0.1, -0.05) is 36.3 Å². The number of carbonyl (C=O) groups is 1. The van der Waals surface area contributed by atoms with Gasteiger partial charge in [0.05, 0.1) is 0 Å². The number of ether oxygens (including phenoxy) is 1. The molecule has 0 fully saturated rings. The fourth-order valence-corrected chi connectivity index (χ4v) is 2.37. The van der Waals surface area contributed by atoms with Gasteiger partial charge in [-0.05, 0) is 17.7 Å². The minimum absolute atomic E-state index is 0. The fourth-order valence-electron chi connectivity index (χ4n) is 2.37. The van der Waals surface area contributed by atoms with Gasteiger partial charge in [-0.3, -0.25) is 10.2 Å². The van der Waals surface area contributed by atoms with Crippen LogP contribution in [0.1, 0.15) is 28.4 Å². The Morgan fingerprint density at radius 3 is 2.54 bits per heavy atom. The van der Waals surface area contributed by atoms with Gasteiger partial charge in [0.15, 0.2) is 6.10 Å². The number of halogens is 2. The lowest BCUT2D eigenvalue weighted by molar-refractivity contribution is -0.131. The summed E-state index contributed by atoms with van der Waals surface area (Å²) in [5, 5.41) is 10.0. The summed E-state index contributed by atoms with van der Waals surface area (Å²) in [6.07, 6.45) is 4.23. The molecule has 0 radical (unpaired) electrons. The number of nitrogen functional groups attached to an aromatic ring is 1. The van der Waals surface area contributed by atoms with E-state index in [-0.39, 0.29) is 35.9 Å². The molecule has 0 aliphatic heterocycles. The first kappa shape index (κ1) is 21.2. The monoisotopic (exact) mass is 375 g/mol. The number of amidine groups is 1. The Kier molecular flexibility index (Phi) is 7.78. The van der Waals surface area contributed by atoms with Gasteiger partial charge >= 0.3 is 0 Å². The van der Waals surface area contributed by atoms with E-state index in [1.807, 2.05) is 0 Å². The van der Waals surface area contributed by atoms with Crippen LogP contribution in [0.5, 0.6) is 0 Å². The first-order valence-electron chi connectivity index (χ1n) is 7.46. The minimum Gasteiger partial charge on any atom is -0.384 e. The second-order valence-electron chi connectivity index (χ2n) is 5.29. The molecule has 0 aromatic heterocycles. The van der Waals surface area contributed by atoms with Crippen molar-refractivity contribution in [2.45, 2.75) is 12.6 Å². The Bertz CT molecular complexity index is 832. The molecule has 0 aliphatic carbocycles. The Morgan fingerprint density at radius 1 is 1.35 bits per heavy atom. The third-order valence-electron chi connectivity index (χ3n) is 3.68. The zero-order valence-corrected chi connectivity index (χ0v) is 14.9. The summed E-state index contributed by atoms with van der Waals surface area (Å²) < 4.78 is 19.3. The van der Waals surface area contributed by atoms with E-state index in [0.29, 0.717) is 5.56 Å². The third kappa shape index (κ3) is 4.82. The summed E-state index contributed by atoms with van der Waals surface area (Å²) >= 11 is 0. The van der Waals surface area contributed by atoms with E-state index in [4.69, 9.17) is 22.3 Å². The van der Waals surface area contributed by atoms with E-state index in [1.54, 1.807) is 30.3 Å². The number of carbonyl (C=O) groups excluding carboxylic acids is 1. The second-order valence-corrected chi connectivity index (χ2v) is 5.29. The van der Waals surface area contributed by atoms with Gasteiger partial charge in [-0.15, -0.1) is 18.8 Å². The van der Waals surface area contributed by atoms with Crippen LogP contribution in [0.15, 0.2) is 42.5 Å². The zero-order chi connectivity index (χ0) is 18.4. The fraction of sp³-hybridized carbons (Fsp3) is 0.158. The van der Waals surface area contributed by atoms with Crippen LogP contribution < -0.4 is 11.1 Å². The lowest BCUT2D eigenvalue weighted by atomic mass is 10.0. The topological polar surface area (TPSA) is 88.2 Å². The number of nitrogens with two attached hydrogens (primary N) is 1. The first-order chi connectivity index (χ1) is 12.0. The molecule has 0 heterocycles. The van der Waals surface area contributed by atoms with Gasteiger partial charge in [0, 0.05) is 30.3 Å². The van der Waals surface area contributed by atoms with E-state index in [9.17, 15) is 9.18 Å². The summed E-state index contributed by atoms with van der Waals surface area (Å²) in [6.45, 7) is 0.219.